The van der Waals surface area contributed by atoms with E-state index in [-0.39, 0.29) is 17.7 Å². The number of hydrogen-bond donors (Lipinski definition) is 2. The van der Waals surface area contributed by atoms with Crippen LogP contribution in [0.15, 0.2) is 5.16 Å². The second-order valence-electron chi connectivity index (χ2n) is 6.94. The van der Waals surface area contributed by atoms with Crippen molar-refractivity contribution in [3.63, 3.8) is 0 Å². The van der Waals surface area contributed by atoms with Gasteiger partial charge in [-0.25, -0.2) is 0 Å². The summed E-state index contributed by atoms with van der Waals surface area (Å²) in [4.78, 5) is 14.6. The first kappa shape index (κ1) is 19.7. The molecule has 0 rings (SSSR count). The van der Waals surface area contributed by atoms with Crippen LogP contribution in [-0.2, 0) is 4.79 Å². The van der Waals surface area contributed by atoms with Crippen molar-refractivity contribution in [3.8, 4) is 0 Å². The van der Waals surface area contributed by atoms with Gasteiger partial charge in [0.2, 0.25) is 5.91 Å². The van der Waals surface area contributed by atoms with Gasteiger partial charge in [-0.05, 0) is 30.6 Å². The Bertz CT molecular complexity index is 326. The molecule has 3 N–H and O–H groups in total. The Morgan fingerprint density at radius 2 is 1.48 bits per heavy atom. The van der Waals surface area contributed by atoms with Crippen molar-refractivity contribution >= 4 is 11.7 Å². The maximum atomic E-state index is 12.8. The van der Waals surface area contributed by atoms with E-state index in [1.165, 1.54) is 0 Å². The topological polar surface area (TPSA) is 78.9 Å². The molecule has 0 saturated carbocycles. The lowest BCUT2D eigenvalue weighted by Gasteiger charge is -2.29. The Morgan fingerprint density at radius 1 is 1.05 bits per heavy atom. The molecule has 0 fully saturated rings. The molecule has 0 aromatic carbocycles. The monoisotopic (exact) mass is 299 g/mol. The summed E-state index contributed by atoms with van der Waals surface area (Å²) in [6.45, 7) is 13.9. The predicted octanol–water partition coefficient (Wildman–Crippen LogP) is 2.93. The lowest BCUT2D eigenvalue weighted by atomic mass is 9.92. The molecule has 124 valence electrons. The van der Waals surface area contributed by atoms with Crippen LogP contribution in [0.1, 0.15) is 54.4 Å². The van der Waals surface area contributed by atoms with Crippen LogP contribution < -0.4 is 5.73 Å². The average molecular weight is 299 g/mol. The maximum Gasteiger partial charge on any atom is 0.233 e. The quantitative estimate of drug-likeness (QED) is 0.297. The second kappa shape index (κ2) is 9.64. The third-order valence-corrected chi connectivity index (χ3v) is 3.63. The van der Waals surface area contributed by atoms with Crippen LogP contribution in [-0.4, -0.2) is 34.9 Å². The molecule has 5 nitrogen and oxygen atoms in total. The van der Waals surface area contributed by atoms with Crippen molar-refractivity contribution < 1.29 is 10.0 Å². The number of hydrogen-bond acceptors (Lipinski definition) is 3. The summed E-state index contributed by atoms with van der Waals surface area (Å²) in [6, 6.07) is 0. The molecule has 0 aliphatic heterocycles. The van der Waals surface area contributed by atoms with Crippen LogP contribution in [0, 0.1) is 23.7 Å². The normalized spacial score (nSPS) is 14.0. The van der Waals surface area contributed by atoms with E-state index in [0.29, 0.717) is 11.8 Å². The first-order chi connectivity index (χ1) is 9.70. The van der Waals surface area contributed by atoms with E-state index in [9.17, 15) is 4.79 Å². The molecular formula is C16H33N3O2. The number of carbonyl (C=O) groups excluding carboxylic acids is 1. The largest absolute Gasteiger partial charge is 0.409 e. The van der Waals surface area contributed by atoms with Gasteiger partial charge in [-0.1, -0.05) is 46.7 Å². The van der Waals surface area contributed by atoms with Crippen LogP contribution in [0.25, 0.3) is 0 Å². The Balaban J connectivity index is 5.03. The molecule has 0 aromatic heterocycles. The first-order valence-corrected chi connectivity index (χ1v) is 7.96. The Morgan fingerprint density at radius 3 is 1.76 bits per heavy atom. The number of amidine groups is 1. The van der Waals surface area contributed by atoms with Gasteiger partial charge in [-0.3, -0.25) is 4.79 Å². The summed E-state index contributed by atoms with van der Waals surface area (Å²) in [5.74, 6) is 0.528. The summed E-state index contributed by atoms with van der Waals surface area (Å²) in [7, 11) is 0. The van der Waals surface area contributed by atoms with Gasteiger partial charge in [0.25, 0.3) is 0 Å². The fourth-order valence-corrected chi connectivity index (χ4v) is 2.17. The first-order valence-electron chi connectivity index (χ1n) is 7.96. The summed E-state index contributed by atoms with van der Waals surface area (Å²) in [5.41, 5.74) is 5.72. The van der Waals surface area contributed by atoms with Crippen LogP contribution in [0.2, 0.25) is 0 Å². The lowest BCUT2D eigenvalue weighted by Crippen LogP contribution is -2.45. The molecule has 1 amide bonds. The van der Waals surface area contributed by atoms with Gasteiger partial charge < -0.3 is 15.8 Å². The van der Waals surface area contributed by atoms with Gasteiger partial charge in [-0.2, -0.15) is 0 Å². The molecule has 1 unspecified atom stereocenters. The van der Waals surface area contributed by atoms with Crippen molar-refractivity contribution in [1.29, 1.82) is 0 Å². The fourth-order valence-electron chi connectivity index (χ4n) is 2.17. The zero-order valence-corrected chi connectivity index (χ0v) is 14.5. The van der Waals surface area contributed by atoms with Crippen molar-refractivity contribution in [2.24, 2.45) is 34.6 Å². The van der Waals surface area contributed by atoms with Gasteiger partial charge in [0.1, 0.15) is 5.92 Å². The molecule has 1 atom stereocenters. The smallest absolute Gasteiger partial charge is 0.233 e. The van der Waals surface area contributed by atoms with Crippen LogP contribution >= 0.6 is 0 Å². The van der Waals surface area contributed by atoms with Crippen molar-refractivity contribution in [3.05, 3.63) is 0 Å². The van der Waals surface area contributed by atoms with Crippen molar-refractivity contribution in [2.45, 2.75) is 54.4 Å². The summed E-state index contributed by atoms with van der Waals surface area (Å²) in [6.07, 6.45) is 1.93. The Hall–Kier alpha value is -1.26. The molecule has 0 aromatic rings. The highest BCUT2D eigenvalue weighted by atomic mass is 16.4. The number of nitrogens with two attached hydrogens (primary N) is 1. The molecule has 0 spiro atoms. The predicted molar refractivity (Wildman–Crippen MR) is 87.2 cm³/mol. The zero-order valence-electron chi connectivity index (χ0n) is 14.5. The molecule has 0 aliphatic rings. The van der Waals surface area contributed by atoms with E-state index in [1.54, 1.807) is 0 Å². The summed E-state index contributed by atoms with van der Waals surface area (Å²) in [5, 5.41) is 12.0. The van der Waals surface area contributed by atoms with Gasteiger partial charge in [0.15, 0.2) is 5.84 Å². The zero-order chi connectivity index (χ0) is 16.6. The number of nitrogens with zero attached hydrogens (tertiary/aromatic N) is 2. The van der Waals surface area contributed by atoms with E-state index >= 15 is 0 Å². The maximum absolute atomic E-state index is 12.8. The molecule has 5 heteroatoms. The second-order valence-corrected chi connectivity index (χ2v) is 6.94. The van der Waals surface area contributed by atoms with Gasteiger partial charge >= 0.3 is 0 Å². The van der Waals surface area contributed by atoms with Gasteiger partial charge in [0, 0.05) is 13.1 Å². The van der Waals surface area contributed by atoms with E-state index in [4.69, 9.17) is 10.9 Å². The van der Waals surface area contributed by atoms with E-state index in [1.807, 2.05) is 18.7 Å². The molecule has 0 aliphatic carbocycles. The van der Waals surface area contributed by atoms with Crippen molar-refractivity contribution in [1.82, 2.24) is 4.90 Å². The SMILES string of the molecule is CC(C)CCN(CCC(C)C)C(=O)C(C(N)=NO)C(C)C. The fraction of sp³-hybridized carbons (Fsp3) is 0.875. The third kappa shape index (κ3) is 7.34. The van der Waals surface area contributed by atoms with Crippen LogP contribution in [0.4, 0.5) is 0 Å². The van der Waals surface area contributed by atoms with Gasteiger partial charge in [-0.15, -0.1) is 0 Å². The molecule has 21 heavy (non-hydrogen) atoms. The van der Waals surface area contributed by atoms with Crippen molar-refractivity contribution in [2.75, 3.05) is 13.1 Å². The lowest BCUT2D eigenvalue weighted by molar-refractivity contribution is -0.134. The van der Waals surface area contributed by atoms with Gasteiger partial charge in [0.05, 0.1) is 0 Å². The summed E-state index contributed by atoms with van der Waals surface area (Å²) >= 11 is 0. The number of carbonyl (C=O) groups is 1. The molecule has 0 radical (unpaired) electrons. The van der Waals surface area contributed by atoms with Crippen LogP contribution in [0.5, 0.6) is 0 Å². The minimum absolute atomic E-state index is 0.00833. The Kier molecular flexibility index (Phi) is 9.06. The van der Waals surface area contributed by atoms with E-state index in [0.717, 1.165) is 25.9 Å². The summed E-state index contributed by atoms with van der Waals surface area (Å²) < 4.78 is 0. The molecule has 0 saturated heterocycles. The minimum Gasteiger partial charge on any atom is -0.409 e. The average Bonchev–Trinajstić information content (AvgIpc) is 2.37. The molecule has 0 bridgehead atoms. The standard InChI is InChI=1S/C16H33N3O2/c1-11(2)7-9-19(10-8-12(3)4)16(20)14(13(5)6)15(17)18-21/h11-14,21H,7-10H2,1-6H3,(H2,17,18). The number of oxime groups is 1. The minimum atomic E-state index is -0.547. The van der Waals surface area contributed by atoms with E-state index < -0.39 is 5.92 Å². The number of amides is 1. The third-order valence-electron chi connectivity index (χ3n) is 3.63. The Labute approximate surface area is 129 Å². The molecular weight excluding hydrogens is 266 g/mol. The number of rotatable bonds is 9. The highest BCUT2D eigenvalue weighted by Gasteiger charge is 2.30. The van der Waals surface area contributed by atoms with E-state index in [2.05, 4.69) is 32.9 Å². The highest BCUT2D eigenvalue weighted by molar-refractivity contribution is 6.02. The molecule has 0 heterocycles. The van der Waals surface area contributed by atoms with Crippen LogP contribution in [0.3, 0.4) is 0 Å². The highest BCUT2D eigenvalue weighted by Crippen LogP contribution is 2.17.